The van der Waals surface area contributed by atoms with Gasteiger partial charge in [0, 0.05) is 41.2 Å². The Morgan fingerprint density at radius 1 is 0.868 bits per heavy atom. The van der Waals surface area contributed by atoms with Gasteiger partial charge in [0.1, 0.15) is 11.5 Å². The highest BCUT2D eigenvalue weighted by Crippen LogP contribution is 2.52. The lowest BCUT2D eigenvalue weighted by Gasteiger charge is -2.38. The first kappa shape index (κ1) is 24.1. The van der Waals surface area contributed by atoms with Crippen LogP contribution in [0, 0.1) is 5.41 Å². The van der Waals surface area contributed by atoms with Crippen LogP contribution in [0.15, 0.2) is 103 Å². The van der Waals surface area contributed by atoms with Crippen LogP contribution in [0.4, 0.5) is 5.13 Å². The Labute approximate surface area is 226 Å². The quantitative estimate of drug-likeness (QED) is 0.251. The number of thiazole rings is 1. The summed E-state index contributed by atoms with van der Waals surface area (Å²) in [6.07, 6.45) is 4.30. The number of anilines is 1. The van der Waals surface area contributed by atoms with E-state index in [0.717, 1.165) is 39.4 Å². The van der Waals surface area contributed by atoms with Gasteiger partial charge in [-0.25, -0.2) is 4.98 Å². The predicted octanol–water partition coefficient (Wildman–Crippen LogP) is 7.70. The number of amides is 1. The van der Waals surface area contributed by atoms with Crippen molar-refractivity contribution in [1.82, 2.24) is 9.97 Å². The molecule has 1 aliphatic rings. The van der Waals surface area contributed by atoms with Gasteiger partial charge in [-0.15, -0.1) is 11.3 Å². The Morgan fingerprint density at radius 3 is 2.13 bits per heavy atom. The molecule has 0 radical (unpaired) electrons. The van der Waals surface area contributed by atoms with Crippen molar-refractivity contribution < 1.29 is 9.53 Å². The van der Waals surface area contributed by atoms with Crippen LogP contribution in [-0.2, 0) is 11.2 Å². The monoisotopic (exact) mass is 517 g/mol. The number of carbonyl (C=O) groups is 1. The van der Waals surface area contributed by atoms with E-state index >= 15 is 0 Å². The molecular weight excluding hydrogens is 490 g/mol. The van der Waals surface area contributed by atoms with E-state index in [1.54, 1.807) is 12.4 Å². The Bertz CT molecular complexity index is 1550. The van der Waals surface area contributed by atoms with Gasteiger partial charge in [-0.05, 0) is 41.0 Å². The van der Waals surface area contributed by atoms with Crippen molar-refractivity contribution in [2.75, 3.05) is 5.32 Å². The first-order valence-electron chi connectivity index (χ1n) is 12.6. The minimum atomic E-state index is -0.745. The SMILES string of the molecule is CC(C)(C(=O)Nc1nc(Cc2ccc(-c3ccncc3)cc2)cs1)C1c2ccccc2Oc2ccccc21. The molecule has 0 saturated heterocycles. The van der Waals surface area contributed by atoms with Crippen LogP contribution in [0.3, 0.4) is 0 Å². The summed E-state index contributed by atoms with van der Waals surface area (Å²) in [5.74, 6) is 1.37. The van der Waals surface area contributed by atoms with Gasteiger partial charge in [0.15, 0.2) is 5.13 Å². The molecule has 0 aliphatic carbocycles. The predicted molar refractivity (Wildman–Crippen MR) is 152 cm³/mol. The van der Waals surface area contributed by atoms with E-state index in [-0.39, 0.29) is 11.8 Å². The summed E-state index contributed by atoms with van der Waals surface area (Å²) in [4.78, 5) is 22.5. The Hall–Kier alpha value is -4.29. The number of fused-ring (bicyclic) bond motifs is 2. The van der Waals surface area contributed by atoms with Crippen molar-refractivity contribution in [3.8, 4) is 22.6 Å². The van der Waals surface area contributed by atoms with Crippen LogP contribution in [0.5, 0.6) is 11.5 Å². The number of hydrogen-bond donors (Lipinski definition) is 1. The third-order valence-corrected chi connectivity index (χ3v) is 7.92. The van der Waals surface area contributed by atoms with Crippen molar-refractivity contribution in [3.05, 3.63) is 125 Å². The van der Waals surface area contributed by atoms with Crippen LogP contribution in [-0.4, -0.2) is 15.9 Å². The molecule has 0 fully saturated rings. The van der Waals surface area contributed by atoms with E-state index in [0.29, 0.717) is 11.6 Å². The molecule has 2 aromatic heterocycles. The molecule has 188 valence electrons. The largest absolute Gasteiger partial charge is 0.457 e. The van der Waals surface area contributed by atoms with Crippen molar-refractivity contribution >= 4 is 22.4 Å². The average molecular weight is 518 g/mol. The molecule has 3 aromatic carbocycles. The second-order valence-corrected chi connectivity index (χ2v) is 10.9. The Kier molecular flexibility index (Phi) is 6.26. The number of aromatic nitrogens is 2. The molecule has 0 spiro atoms. The number of carbonyl (C=O) groups excluding carboxylic acids is 1. The van der Waals surface area contributed by atoms with E-state index < -0.39 is 5.41 Å². The first-order valence-corrected chi connectivity index (χ1v) is 13.5. The second-order valence-electron chi connectivity index (χ2n) is 10.0. The van der Waals surface area contributed by atoms with Gasteiger partial charge in [0.05, 0.1) is 11.1 Å². The molecule has 0 atom stereocenters. The number of ether oxygens (including phenoxy) is 1. The maximum Gasteiger partial charge on any atom is 0.232 e. The van der Waals surface area contributed by atoms with E-state index in [1.807, 2.05) is 79.9 Å². The normalized spacial score (nSPS) is 12.8. The van der Waals surface area contributed by atoms with E-state index in [9.17, 15) is 4.79 Å². The smallest absolute Gasteiger partial charge is 0.232 e. The number of pyridine rings is 1. The topological polar surface area (TPSA) is 64.1 Å². The van der Waals surface area contributed by atoms with Crippen LogP contribution in [0.1, 0.15) is 42.1 Å². The lowest BCUT2D eigenvalue weighted by molar-refractivity contribution is -0.124. The molecule has 0 unspecified atom stereocenters. The fourth-order valence-electron chi connectivity index (χ4n) is 5.09. The van der Waals surface area contributed by atoms with E-state index in [4.69, 9.17) is 9.72 Å². The highest BCUT2D eigenvalue weighted by molar-refractivity contribution is 7.13. The Morgan fingerprint density at radius 2 is 1.47 bits per heavy atom. The fraction of sp³-hybridized carbons (Fsp3) is 0.156. The molecule has 1 N–H and O–H groups in total. The molecule has 0 saturated carbocycles. The molecule has 5 nitrogen and oxygen atoms in total. The zero-order chi connectivity index (χ0) is 26.1. The average Bonchev–Trinajstić information content (AvgIpc) is 3.38. The summed E-state index contributed by atoms with van der Waals surface area (Å²) in [6, 6.07) is 28.4. The van der Waals surface area contributed by atoms with Gasteiger partial charge in [-0.3, -0.25) is 9.78 Å². The Balaban J connectivity index is 1.19. The molecule has 6 rings (SSSR count). The third kappa shape index (κ3) is 4.59. The fourth-order valence-corrected chi connectivity index (χ4v) is 5.80. The zero-order valence-electron chi connectivity index (χ0n) is 21.2. The summed E-state index contributed by atoms with van der Waals surface area (Å²) in [6.45, 7) is 3.98. The summed E-state index contributed by atoms with van der Waals surface area (Å²) < 4.78 is 6.15. The van der Waals surface area contributed by atoms with Gasteiger partial charge < -0.3 is 10.1 Å². The minimum Gasteiger partial charge on any atom is -0.457 e. The zero-order valence-corrected chi connectivity index (χ0v) is 22.0. The lowest BCUT2D eigenvalue weighted by Crippen LogP contribution is -2.38. The van der Waals surface area contributed by atoms with Crippen LogP contribution < -0.4 is 10.1 Å². The number of rotatable bonds is 6. The van der Waals surface area contributed by atoms with Crippen LogP contribution in [0.2, 0.25) is 0 Å². The first-order chi connectivity index (χ1) is 18.5. The van der Waals surface area contributed by atoms with Crippen molar-refractivity contribution in [2.24, 2.45) is 5.41 Å². The lowest BCUT2D eigenvalue weighted by atomic mass is 9.69. The van der Waals surface area contributed by atoms with Crippen LogP contribution in [0.25, 0.3) is 11.1 Å². The summed E-state index contributed by atoms with van der Waals surface area (Å²) in [5, 5.41) is 5.72. The maximum atomic E-state index is 13.7. The standard InChI is InChI=1S/C32H27N3O2S/c1-32(2,29-25-7-3-5-9-27(25)37-28-10-6-4-8-26(28)29)30(36)35-31-34-24(20-38-31)19-21-11-13-22(14-12-21)23-15-17-33-18-16-23/h3-18,20,29H,19H2,1-2H3,(H,34,35,36). The molecule has 0 bridgehead atoms. The minimum absolute atomic E-state index is 0.0726. The molecule has 1 amide bonds. The number of benzene rings is 3. The molecular formula is C32H27N3O2S. The second kappa shape index (κ2) is 9.88. The highest BCUT2D eigenvalue weighted by atomic mass is 32.1. The van der Waals surface area contributed by atoms with Crippen molar-refractivity contribution in [1.29, 1.82) is 0 Å². The highest BCUT2D eigenvalue weighted by Gasteiger charge is 2.43. The van der Waals surface area contributed by atoms with Gasteiger partial charge in [-0.1, -0.05) is 74.5 Å². The molecule has 38 heavy (non-hydrogen) atoms. The summed E-state index contributed by atoms with van der Waals surface area (Å²) in [7, 11) is 0. The third-order valence-electron chi connectivity index (χ3n) is 7.11. The van der Waals surface area contributed by atoms with Crippen LogP contribution >= 0.6 is 11.3 Å². The summed E-state index contributed by atoms with van der Waals surface area (Å²) in [5.41, 5.74) is 5.68. The molecule has 6 heteroatoms. The van der Waals surface area contributed by atoms with Gasteiger partial charge in [0.2, 0.25) is 5.91 Å². The number of nitrogens with one attached hydrogen (secondary N) is 1. The van der Waals surface area contributed by atoms with E-state index in [1.165, 1.54) is 16.9 Å². The van der Waals surface area contributed by atoms with E-state index in [2.05, 4.69) is 34.6 Å². The number of hydrogen-bond acceptors (Lipinski definition) is 5. The van der Waals surface area contributed by atoms with Crippen molar-refractivity contribution in [2.45, 2.75) is 26.2 Å². The summed E-state index contributed by atoms with van der Waals surface area (Å²) >= 11 is 1.46. The van der Waals surface area contributed by atoms with Crippen molar-refractivity contribution in [3.63, 3.8) is 0 Å². The molecule has 3 heterocycles. The van der Waals surface area contributed by atoms with Gasteiger partial charge in [0.25, 0.3) is 0 Å². The van der Waals surface area contributed by atoms with Gasteiger partial charge >= 0.3 is 0 Å². The number of nitrogens with zero attached hydrogens (tertiary/aromatic N) is 2. The van der Waals surface area contributed by atoms with Gasteiger partial charge in [-0.2, -0.15) is 0 Å². The number of para-hydroxylation sites is 2. The molecule has 1 aliphatic heterocycles. The maximum absolute atomic E-state index is 13.7. The molecule has 5 aromatic rings.